The highest BCUT2D eigenvalue weighted by Gasteiger charge is 2.04. The van der Waals surface area contributed by atoms with Crippen LogP contribution in [0.2, 0.25) is 0 Å². The summed E-state index contributed by atoms with van der Waals surface area (Å²) in [6.07, 6.45) is 0. The van der Waals surface area contributed by atoms with Crippen molar-refractivity contribution in [2.45, 2.75) is 6.92 Å². The van der Waals surface area contributed by atoms with Crippen LogP contribution in [0.15, 0.2) is 60.7 Å². The number of ether oxygens (including phenoxy) is 2. The van der Waals surface area contributed by atoms with Crippen molar-refractivity contribution in [3.8, 4) is 22.6 Å². The summed E-state index contributed by atoms with van der Waals surface area (Å²) in [5.74, 6) is 1.08. The number of methoxy groups -OCH3 is 1. The van der Waals surface area contributed by atoms with Crippen LogP contribution in [0.4, 0.5) is 0 Å². The molecule has 3 nitrogen and oxygen atoms in total. The van der Waals surface area contributed by atoms with Gasteiger partial charge in [-0.25, -0.2) is 0 Å². The maximum atomic E-state index is 11.1. The summed E-state index contributed by atoms with van der Waals surface area (Å²) in [5, 5.41) is 2.26. The lowest BCUT2D eigenvalue weighted by molar-refractivity contribution is -0.131. The van der Waals surface area contributed by atoms with Gasteiger partial charge in [-0.3, -0.25) is 4.79 Å². The second-order valence-corrected chi connectivity index (χ2v) is 5.05. The van der Waals surface area contributed by atoms with Crippen LogP contribution in [-0.2, 0) is 4.79 Å². The van der Waals surface area contributed by atoms with Crippen LogP contribution in [0.1, 0.15) is 6.92 Å². The van der Waals surface area contributed by atoms with Gasteiger partial charge in [0.25, 0.3) is 0 Å². The third kappa shape index (κ3) is 2.93. The zero-order chi connectivity index (χ0) is 15.5. The summed E-state index contributed by atoms with van der Waals surface area (Å²) in [5.41, 5.74) is 2.09. The Morgan fingerprint density at radius 1 is 0.818 bits per heavy atom. The molecular formula is C19H16O3. The number of benzene rings is 3. The summed E-state index contributed by atoms with van der Waals surface area (Å²) < 4.78 is 10.4. The van der Waals surface area contributed by atoms with Gasteiger partial charge in [0.1, 0.15) is 11.5 Å². The molecule has 3 heteroatoms. The SMILES string of the molecule is COc1ccc2cc(-c3cccc(OC(C)=O)c3)ccc2c1. The zero-order valence-corrected chi connectivity index (χ0v) is 12.5. The van der Waals surface area contributed by atoms with Crippen molar-refractivity contribution in [1.29, 1.82) is 0 Å². The minimum absolute atomic E-state index is 0.317. The first-order chi connectivity index (χ1) is 10.7. The highest BCUT2D eigenvalue weighted by molar-refractivity contribution is 5.88. The summed E-state index contributed by atoms with van der Waals surface area (Å²) in [6, 6.07) is 19.7. The van der Waals surface area contributed by atoms with E-state index in [0.29, 0.717) is 5.75 Å². The maximum absolute atomic E-state index is 11.1. The van der Waals surface area contributed by atoms with Gasteiger partial charge >= 0.3 is 5.97 Å². The number of rotatable bonds is 3. The highest BCUT2D eigenvalue weighted by atomic mass is 16.5. The molecule has 3 rings (SSSR count). The average Bonchev–Trinajstić information content (AvgIpc) is 2.53. The van der Waals surface area contributed by atoms with Crippen LogP contribution < -0.4 is 9.47 Å². The maximum Gasteiger partial charge on any atom is 0.308 e. The molecule has 0 aliphatic rings. The molecule has 0 heterocycles. The lowest BCUT2D eigenvalue weighted by Gasteiger charge is -2.08. The van der Waals surface area contributed by atoms with E-state index >= 15 is 0 Å². The van der Waals surface area contributed by atoms with Gasteiger partial charge < -0.3 is 9.47 Å². The van der Waals surface area contributed by atoms with E-state index in [1.165, 1.54) is 6.92 Å². The molecule has 0 aromatic heterocycles. The zero-order valence-electron chi connectivity index (χ0n) is 12.5. The fourth-order valence-corrected chi connectivity index (χ4v) is 2.44. The van der Waals surface area contributed by atoms with E-state index in [-0.39, 0.29) is 5.97 Å². The quantitative estimate of drug-likeness (QED) is 0.529. The molecular weight excluding hydrogens is 276 g/mol. The van der Waals surface area contributed by atoms with E-state index in [4.69, 9.17) is 9.47 Å². The number of hydrogen-bond acceptors (Lipinski definition) is 3. The Hall–Kier alpha value is -2.81. The number of fused-ring (bicyclic) bond motifs is 1. The Kier molecular flexibility index (Phi) is 3.79. The van der Waals surface area contributed by atoms with Gasteiger partial charge in [-0.05, 0) is 52.2 Å². The van der Waals surface area contributed by atoms with Crippen LogP contribution in [0.25, 0.3) is 21.9 Å². The van der Waals surface area contributed by atoms with E-state index < -0.39 is 0 Å². The number of carbonyl (C=O) groups excluding carboxylic acids is 1. The lowest BCUT2D eigenvalue weighted by atomic mass is 10.0. The molecule has 0 saturated carbocycles. The first-order valence-electron chi connectivity index (χ1n) is 7.02. The molecule has 0 atom stereocenters. The Labute approximate surface area is 129 Å². The predicted octanol–water partition coefficient (Wildman–Crippen LogP) is 4.44. The van der Waals surface area contributed by atoms with Crippen molar-refractivity contribution in [2.75, 3.05) is 7.11 Å². The van der Waals surface area contributed by atoms with E-state index in [0.717, 1.165) is 27.6 Å². The molecule has 22 heavy (non-hydrogen) atoms. The van der Waals surface area contributed by atoms with E-state index in [1.54, 1.807) is 13.2 Å². The largest absolute Gasteiger partial charge is 0.497 e. The van der Waals surface area contributed by atoms with Crippen molar-refractivity contribution >= 4 is 16.7 Å². The van der Waals surface area contributed by atoms with Crippen LogP contribution in [0.5, 0.6) is 11.5 Å². The van der Waals surface area contributed by atoms with Crippen LogP contribution >= 0.6 is 0 Å². The summed E-state index contributed by atoms with van der Waals surface area (Å²) in [7, 11) is 1.66. The Bertz CT molecular complexity index is 837. The van der Waals surface area contributed by atoms with E-state index in [9.17, 15) is 4.79 Å². The third-order valence-corrected chi connectivity index (χ3v) is 3.48. The Balaban J connectivity index is 2.01. The third-order valence-electron chi connectivity index (χ3n) is 3.48. The second kappa shape index (κ2) is 5.90. The Morgan fingerprint density at radius 3 is 2.32 bits per heavy atom. The fraction of sp³-hybridized carbons (Fsp3) is 0.105. The smallest absolute Gasteiger partial charge is 0.308 e. The van der Waals surface area contributed by atoms with E-state index in [2.05, 4.69) is 18.2 Å². The molecule has 110 valence electrons. The second-order valence-electron chi connectivity index (χ2n) is 5.05. The van der Waals surface area contributed by atoms with Gasteiger partial charge in [0.15, 0.2) is 0 Å². The van der Waals surface area contributed by atoms with Gasteiger partial charge in [-0.1, -0.05) is 30.3 Å². The van der Waals surface area contributed by atoms with Crippen molar-refractivity contribution in [3.63, 3.8) is 0 Å². The molecule has 3 aromatic carbocycles. The van der Waals surface area contributed by atoms with Crippen LogP contribution in [0.3, 0.4) is 0 Å². The molecule has 0 N–H and O–H groups in total. The minimum atomic E-state index is -0.317. The number of hydrogen-bond donors (Lipinski definition) is 0. The van der Waals surface area contributed by atoms with Gasteiger partial charge in [-0.15, -0.1) is 0 Å². The summed E-state index contributed by atoms with van der Waals surface area (Å²) in [6.45, 7) is 1.40. The molecule has 0 spiro atoms. The molecule has 0 bridgehead atoms. The molecule has 0 amide bonds. The molecule has 0 unspecified atom stereocenters. The van der Waals surface area contributed by atoms with Gasteiger partial charge in [0, 0.05) is 6.92 Å². The molecule has 3 aromatic rings. The summed E-state index contributed by atoms with van der Waals surface area (Å²) >= 11 is 0. The van der Waals surface area contributed by atoms with Gasteiger partial charge in [-0.2, -0.15) is 0 Å². The monoisotopic (exact) mass is 292 g/mol. The fourth-order valence-electron chi connectivity index (χ4n) is 2.44. The normalized spacial score (nSPS) is 10.5. The highest BCUT2D eigenvalue weighted by Crippen LogP contribution is 2.28. The van der Waals surface area contributed by atoms with Crippen molar-refractivity contribution in [1.82, 2.24) is 0 Å². The number of carbonyl (C=O) groups is 1. The standard InChI is InChI=1S/C19H16O3/c1-13(20)22-19-5-3-4-14(12-19)15-6-7-17-11-18(21-2)9-8-16(17)10-15/h3-12H,1-2H3. The van der Waals surface area contributed by atoms with Crippen molar-refractivity contribution in [2.24, 2.45) is 0 Å². The molecule has 0 saturated heterocycles. The van der Waals surface area contributed by atoms with Crippen LogP contribution in [0, 0.1) is 0 Å². The van der Waals surface area contributed by atoms with E-state index in [1.807, 2.05) is 36.4 Å². The summed E-state index contributed by atoms with van der Waals surface area (Å²) in [4.78, 5) is 11.1. The first-order valence-corrected chi connectivity index (χ1v) is 7.02. The predicted molar refractivity (Wildman–Crippen MR) is 87.2 cm³/mol. The molecule has 0 aliphatic heterocycles. The first kappa shape index (κ1) is 14.1. The molecule has 0 radical (unpaired) electrons. The van der Waals surface area contributed by atoms with Crippen LogP contribution in [-0.4, -0.2) is 13.1 Å². The van der Waals surface area contributed by atoms with Crippen molar-refractivity contribution < 1.29 is 14.3 Å². The average molecular weight is 292 g/mol. The minimum Gasteiger partial charge on any atom is -0.497 e. The molecule has 0 aliphatic carbocycles. The topological polar surface area (TPSA) is 35.5 Å². The van der Waals surface area contributed by atoms with Gasteiger partial charge in [0.05, 0.1) is 7.11 Å². The molecule has 0 fully saturated rings. The van der Waals surface area contributed by atoms with Crippen molar-refractivity contribution in [3.05, 3.63) is 60.7 Å². The van der Waals surface area contributed by atoms with Gasteiger partial charge in [0.2, 0.25) is 0 Å². The lowest BCUT2D eigenvalue weighted by Crippen LogP contribution is -2.01. The Morgan fingerprint density at radius 2 is 1.55 bits per heavy atom. The number of esters is 1.